The first kappa shape index (κ1) is 14.3. The van der Waals surface area contributed by atoms with Gasteiger partial charge in [-0.1, -0.05) is 44.2 Å². The van der Waals surface area contributed by atoms with Crippen LogP contribution in [-0.2, 0) is 13.6 Å². The Morgan fingerprint density at radius 2 is 2.00 bits per heavy atom. The van der Waals surface area contributed by atoms with Crippen LogP contribution in [0.5, 0.6) is 0 Å². The molecule has 4 heteroatoms. The molecule has 0 spiro atoms. The van der Waals surface area contributed by atoms with Crippen LogP contribution in [0.4, 0.5) is 0 Å². The molecule has 4 nitrogen and oxygen atoms in total. The number of benzene rings is 1. The first-order chi connectivity index (χ1) is 9.58. The molecule has 1 aromatic carbocycles. The highest BCUT2D eigenvalue weighted by Crippen LogP contribution is 2.11. The van der Waals surface area contributed by atoms with Crippen molar-refractivity contribution in [2.75, 3.05) is 6.54 Å². The van der Waals surface area contributed by atoms with Crippen molar-refractivity contribution in [1.82, 2.24) is 14.5 Å². The predicted octanol–water partition coefficient (Wildman–Crippen LogP) is 2.72. The second-order valence-corrected chi connectivity index (χ2v) is 5.45. The van der Waals surface area contributed by atoms with Gasteiger partial charge in [0.15, 0.2) is 0 Å². The van der Waals surface area contributed by atoms with Crippen LogP contribution in [-0.4, -0.2) is 26.9 Å². The SMILES string of the molecule is CC(C)CN(Cc1ccccc1)C(=O)c1cncn1C. The van der Waals surface area contributed by atoms with Crippen molar-refractivity contribution in [3.8, 4) is 0 Å². The zero-order valence-corrected chi connectivity index (χ0v) is 12.3. The van der Waals surface area contributed by atoms with Gasteiger partial charge in [0, 0.05) is 20.1 Å². The predicted molar refractivity (Wildman–Crippen MR) is 79.2 cm³/mol. The largest absolute Gasteiger partial charge is 0.333 e. The Labute approximate surface area is 120 Å². The summed E-state index contributed by atoms with van der Waals surface area (Å²) >= 11 is 0. The Bertz CT molecular complexity index is 560. The first-order valence-corrected chi connectivity index (χ1v) is 6.87. The van der Waals surface area contributed by atoms with Crippen LogP contribution in [0.2, 0.25) is 0 Å². The molecule has 0 aliphatic carbocycles. The number of nitrogens with zero attached hydrogens (tertiary/aromatic N) is 3. The number of carbonyl (C=O) groups excluding carboxylic acids is 1. The molecule has 20 heavy (non-hydrogen) atoms. The molecule has 2 aromatic rings. The molecule has 0 aliphatic heterocycles. The van der Waals surface area contributed by atoms with Gasteiger partial charge < -0.3 is 9.47 Å². The summed E-state index contributed by atoms with van der Waals surface area (Å²) < 4.78 is 1.76. The monoisotopic (exact) mass is 271 g/mol. The minimum absolute atomic E-state index is 0.0301. The second-order valence-electron chi connectivity index (χ2n) is 5.45. The second kappa shape index (κ2) is 6.37. The highest BCUT2D eigenvalue weighted by atomic mass is 16.2. The average Bonchev–Trinajstić information content (AvgIpc) is 2.84. The lowest BCUT2D eigenvalue weighted by molar-refractivity contribution is 0.0713. The van der Waals surface area contributed by atoms with Gasteiger partial charge >= 0.3 is 0 Å². The van der Waals surface area contributed by atoms with Crippen molar-refractivity contribution in [1.29, 1.82) is 0 Å². The maximum Gasteiger partial charge on any atom is 0.272 e. The molecule has 106 valence electrons. The summed E-state index contributed by atoms with van der Waals surface area (Å²) in [4.78, 5) is 18.5. The van der Waals surface area contributed by atoms with Crippen molar-refractivity contribution in [3.05, 3.63) is 54.1 Å². The number of carbonyl (C=O) groups is 1. The van der Waals surface area contributed by atoms with Gasteiger partial charge in [-0.2, -0.15) is 0 Å². The number of rotatable bonds is 5. The molecular weight excluding hydrogens is 250 g/mol. The van der Waals surface area contributed by atoms with E-state index in [0.29, 0.717) is 18.2 Å². The van der Waals surface area contributed by atoms with E-state index in [-0.39, 0.29) is 5.91 Å². The highest BCUT2D eigenvalue weighted by molar-refractivity contribution is 5.92. The Morgan fingerprint density at radius 1 is 1.30 bits per heavy atom. The standard InChI is InChI=1S/C16H21N3O/c1-13(2)10-19(11-14-7-5-4-6-8-14)16(20)15-9-17-12-18(15)3/h4-9,12-13H,10-11H2,1-3H3. The van der Waals surface area contributed by atoms with E-state index >= 15 is 0 Å². The Kier molecular flexibility index (Phi) is 4.56. The number of aromatic nitrogens is 2. The average molecular weight is 271 g/mol. The summed E-state index contributed by atoms with van der Waals surface area (Å²) in [5.74, 6) is 0.457. The summed E-state index contributed by atoms with van der Waals surface area (Å²) in [6, 6.07) is 10.1. The van der Waals surface area contributed by atoms with E-state index in [1.807, 2.05) is 42.3 Å². The Hall–Kier alpha value is -2.10. The van der Waals surface area contributed by atoms with Gasteiger partial charge in [0.05, 0.1) is 12.5 Å². The summed E-state index contributed by atoms with van der Waals surface area (Å²) in [6.07, 6.45) is 3.28. The molecule has 0 bridgehead atoms. The van der Waals surface area contributed by atoms with Crippen LogP contribution in [0, 0.1) is 5.92 Å². The molecule has 0 N–H and O–H groups in total. The zero-order valence-electron chi connectivity index (χ0n) is 12.3. The molecule has 1 aromatic heterocycles. The van der Waals surface area contributed by atoms with Crippen LogP contribution in [0.15, 0.2) is 42.9 Å². The lowest BCUT2D eigenvalue weighted by atomic mass is 10.1. The topological polar surface area (TPSA) is 38.1 Å². The third kappa shape index (κ3) is 3.47. The number of hydrogen-bond donors (Lipinski definition) is 0. The maximum absolute atomic E-state index is 12.6. The normalized spacial score (nSPS) is 10.8. The van der Waals surface area contributed by atoms with Crippen LogP contribution in [0.25, 0.3) is 0 Å². The van der Waals surface area contributed by atoms with Gasteiger partial charge in [0.25, 0.3) is 5.91 Å². The van der Waals surface area contributed by atoms with Gasteiger partial charge in [-0.3, -0.25) is 4.79 Å². The van der Waals surface area contributed by atoms with Crippen molar-refractivity contribution < 1.29 is 4.79 Å². The van der Waals surface area contributed by atoms with E-state index in [1.54, 1.807) is 17.1 Å². The quantitative estimate of drug-likeness (QED) is 0.838. The fourth-order valence-corrected chi connectivity index (χ4v) is 2.19. The third-order valence-electron chi connectivity index (χ3n) is 3.12. The summed E-state index contributed by atoms with van der Waals surface area (Å²) in [5, 5.41) is 0. The molecule has 0 fully saturated rings. The maximum atomic E-state index is 12.6. The van der Waals surface area contributed by atoms with Gasteiger partial charge in [-0.05, 0) is 11.5 Å². The third-order valence-corrected chi connectivity index (χ3v) is 3.12. The van der Waals surface area contributed by atoms with Crippen molar-refractivity contribution in [2.24, 2.45) is 13.0 Å². The molecule has 0 atom stereocenters. The lowest BCUT2D eigenvalue weighted by Crippen LogP contribution is -2.34. The highest BCUT2D eigenvalue weighted by Gasteiger charge is 2.19. The Morgan fingerprint density at radius 3 is 2.55 bits per heavy atom. The van der Waals surface area contributed by atoms with E-state index in [9.17, 15) is 4.79 Å². The fourth-order valence-electron chi connectivity index (χ4n) is 2.19. The first-order valence-electron chi connectivity index (χ1n) is 6.87. The van der Waals surface area contributed by atoms with Gasteiger partial charge in [-0.25, -0.2) is 4.98 Å². The number of amides is 1. The number of aryl methyl sites for hydroxylation is 1. The Balaban J connectivity index is 2.19. The van der Waals surface area contributed by atoms with E-state index in [4.69, 9.17) is 0 Å². The molecule has 0 aliphatic rings. The van der Waals surface area contributed by atoms with Gasteiger partial charge in [0.1, 0.15) is 5.69 Å². The van der Waals surface area contributed by atoms with Crippen LogP contribution < -0.4 is 0 Å². The minimum Gasteiger partial charge on any atom is -0.333 e. The van der Waals surface area contributed by atoms with E-state index in [2.05, 4.69) is 18.8 Å². The number of hydrogen-bond acceptors (Lipinski definition) is 2. The van der Waals surface area contributed by atoms with Gasteiger partial charge in [-0.15, -0.1) is 0 Å². The molecule has 1 heterocycles. The molecular formula is C16H21N3O. The van der Waals surface area contributed by atoms with Gasteiger partial charge in [0.2, 0.25) is 0 Å². The number of imidazole rings is 1. The summed E-state index contributed by atoms with van der Waals surface area (Å²) in [5.41, 5.74) is 1.77. The molecule has 1 amide bonds. The van der Waals surface area contributed by atoms with Crippen molar-refractivity contribution in [3.63, 3.8) is 0 Å². The smallest absolute Gasteiger partial charge is 0.272 e. The van der Waals surface area contributed by atoms with Crippen LogP contribution in [0.1, 0.15) is 29.9 Å². The fraction of sp³-hybridized carbons (Fsp3) is 0.375. The molecule has 0 saturated heterocycles. The molecule has 0 saturated carbocycles. The summed E-state index contributed by atoms with van der Waals surface area (Å²) in [7, 11) is 1.84. The van der Waals surface area contributed by atoms with E-state index in [1.165, 1.54) is 0 Å². The van der Waals surface area contributed by atoms with Crippen LogP contribution in [0.3, 0.4) is 0 Å². The molecule has 0 unspecified atom stereocenters. The van der Waals surface area contributed by atoms with Crippen molar-refractivity contribution >= 4 is 5.91 Å². The lowest BCUT2D eigenvalue weighted by Gasteiger charge is -2.24. The zero-order chi connectivity index (χ0) is 14.5. The minimum atomic E-state index is 0.0301. The van der Waals surface area contributed by atoms with Crippen LogP contribution >= 0.6 is 0 Å². The molecule has 2 rings (SSSR count). The van der Waals surface area contributed by atoms with E-state index in [0.717, 1.165) is 12.1 Å². The van der Waals surface area contributed by atoms with Crippen molar-refractivity contribution in [2.45, 2.75) is 20.4 Å². The van der Waals surface area contributed by atoms with E-state index < -0.39 is 0 Å². The molecule has 0 radical (unpaired) electrons. The summed E-state index contributed by atoms with van der Waals surface area (Å²) in [6.45, 7) is 5.60.